The van der Waals surface area contributed by atoms with Gasteiger partial charge in [0.15, 0.2) is 0 Å². The number of rotatable bonds is 2. The molecule has 0 atom stereocenters. The van der Waals surface area contributed by atoms with Gasteiger partial charge in [0.05, 0.1) is 27.1 Å². The van der Waals surface area contributed by atoms with Crippen LogP contribution in [0.3, 0.4) is 0 Å². The summed E-state index contributed by atoms with van der Waals surface area (Å²) in [6.07, 6.45) is 0. The lowest BCUT2D eigenvalue weighted by atomic mass is 9.80. The summed E-state index contributed by atoms with van der Waals surface area (Å²) in [5.74, 6) is 0. The van der Waals surface area contributed by atoms with Crippen LogP contribution in [0.4, 0.5) is 0 Å². The fourth-order valence-electron chi connectivity index (χ4n) is 2.95. The quantitative estimate of drug-likeness (QED) is 0.705. The van der Waals surface area contributed by atoms with E-state index < -0.39 is 36.6 Å². The number of hydrogen-bond acceptors (Lipinski definition) is 9. The fourth-order valence-corrected chi connectivity index (χ4v) is 3.62. The third-order valence-corrected chi connectivity index (χ3v) is 6.93. The Kier molecular flexibility index (Phi) is 4.05. The van der Waals surface area contributed by atoms with Crippen molar-refractivity contribution in [3.8, 4) is 0 Å². The average Bonchev–Trinajstić information content (AvgIpc) is 3.13. The Morgan fingerprint density at radius 2 is 1.04 bits per heavy atom. The second-order valence-electron chi connectivity index (χ2n) is 9.10. The Morgan fingerprint density at radius 3 is 1.52 bits per heavy atom. The summed E-state index contributed by atoms with van der Waals surface area (Å²) < 4.78 is 29.3. The molecule has 11 heteroatoms. The average molecular weight is 390 g/mol. The molecule has 2 aromatic rings. The monoisotopic (exact) mass is 390 g/mol. The van der Waals surface area contributed by atoms with Crippen LogP contribution in [0.15, 0.2) is 0 Å². The largest absolute Gasteiger partial charge is 0.518 e. The standard InChI is InChI=1S/C16H24B2N4O4S/c1-13(2)14(3,4)24-17(23-13)11-9-10(27-22-19-9)12(21-20-11)18-25-15(5,6)16(7,8)26-18/h1-8H3. The molecular weight excluding hydrogens is 366 g/mol. The number of hydrogen-bond donors (Lipinski definition) is 0. The lowest BCUT2D eigenvalue weighted by Crippen LogP contribution is -2.43. The van der Waals surface area contributed by atoms with E-state index in [9.17, 15) is 0 Å². The predicted molar refractivity (Wildman–Crippen MR) is 104 cm³/mol. The molecule has 2 fully saturated rings. The van der Waals surface area contributed by atoms with Gasteiger partial charge < -0.3 is 18.6 Å². The Balaban J connectivity index is 1.73. The predicted octanol–water partition coefficient (Wildman–Crippen LogP) is 1.08. The molecule has 0 bridgehead atoms. The van der Waals surface area contributed by atoms with E-state index in [1.807, 2.05) is 55.4 Å². The van der Waals surface area contributed by atoms with Crippen molar-refractivity contribution in [3.05, 3.63) is 0 Å². The summed E-state index contributed by atoms with van der Waals surface area (Å²) in [4.78, 5) is 0. The van der Waals surface area contributed by atoms with Gasteiger partial charge in [-0.05, 0) is 66.9 Å². The third-order valence-electron chi connectivity index (χ3n) is 6.18. The Morgan fingerprint density at radius 1 is 0.630 bits per heavy atom. The highest BCUT2D eigenvalue weighted by Gasteiger charge is 2.55. The summed E-state index contributed by atoms with van der Waals surface area (Å²) >= 11 is 1.24. The first-order valence-corrected chi connectivity index (χ1v) is 9.82. The minimum Gasteiger partial charge on any atom is -0.398 e. The highest BCUT2D eigenvalue weighted by Crippen LogP contribution is 2.38. The molecule has 2 aliphatic heterocycles. The van der Waals surface area contributed by atoms with Gasteiger partial charge in [-0.1, -0.05) is 4.49 Å². The zero-order valence-electron chi connectivity index (χ0n) is 17.0. The van der Waals surface area contributed by atoms with E-state index >= 15 is 0 Å². The van der Waals surface area contributed by atoms with Gasteiger partial charge in [-0.3, -0.25) is 0 Å². The fraction of sp³-hybridized carbons (Fsp3) is 0.750. The van der Waals surface area contributed by atoms with Crippen molar-refractivity contribution in [1.29, 1.82) is 0 Å². The zero-order valence-corrected chi connectivity index (χ0v) is 17.8. The van der Waals surface area contributed by atoms with Crippen LogP contribution in [-0.2, 0) is 18.6 Å². The molecule has 144 valence electrons. The van der Waals surface area contributed by atoms with Crippen molar-refractivity contribution in [2.45, 2.75) is 77.8 Å². The van der Waals surface area contributed by atoms with E-state index in [-0.39, 0.29) is 0 Å². The number of nitrogens with zero attached hydrogens (tertiary/aromatic N) is 4. The van der Waals surface area contributed by atoms with Gasteiger partial charge in [-0.2, -0.15) is 10.2 Å². The van der Waals surface area contributed by atoms with E-state index in [4.69, 9.17) is 18.6 Å². The first-order chi connectivity index (χ1) is 12.3. The maximum absolute atomic E-state index is 6.12. The highest BCUT2D eigenvalue weighted by atomic mass is 32.1. The molecule has 8 nitrogen and oxygen atoms in total. The zero-order chi connectivity index (χ0) is 19.8. The van der Waals surface area contributed by atoms with Gasteiger partial charge in [0, 0.05) is 0 Å². The lowest BCUT2D eigenvalue weighted by Gasteiger charge is -2.32. The van der Waals surface area contributed by atoms with Gasteiger partial charge >= 0.3 is 14.2 Å². The van der Waals surface area contributed by atoms with Gasteiger partial charge in [-0.25, -0.2) is 0 Å². The molecule has 2 aliphatic rings. The van der Waals surface area contributed by atoms with Crippen molar-refractivity contribution in [2.75, 3.05) is 0 Å². The molecule has 4 rings (SSSR count). The maximum atomic E-state index is 6.12. The summed E-state index contributed by atoms with van der Waals surface area (Å²) in [5.41, 5.74) is -0.156. The lowest BCUT2D eigenvalue weighted by molar-refractivity contribution is 0.00578. The molecule has 0 spiro atoms. The maximum Gasteiger partial charge on any atom is 0.518 e. The molecule has 2 aromatic heterocycles. The molecule has 0 aliphatic carbocycles. The Bertz CT molecular complexity index is 800. The number of aromatic nitrogens is 4. The van der Waals surface area contributed by atoms with Gasteiger partial charge in [0.1, 0.15) is 16.7 Å². The van der Waals surface area contributed by atoms with Crippen LogP contribution in [0.1, 0.15) is 55.4 Å². The van der Waals surface area contributed by atoms with Gasteiger partial charge in [0.2, 0.25) is 0 Å². The molecular formula is C16H24B2N4O4S. The van der Waals surface area contributed by atoms with Gasteiger partial charge in [0.25, 0.3) is 0 Å². The van der Waals surface area contributed by atoms with E-state index in [2.05, 4.69) is 19.8 Å². The summed E-state index contributed by atoms with van der Waals surface area (Å²) in [5, 5.41) is 13.0. The van der Waals surface area contributed by atoms with Crippen molar-refractivity contribution >= 4 is 47.2 Å². The molecule has 0 amide bonds. The van der Waals surface area contributed by atoms with E-state index in [1.54, 1.807) is 0 Å². The third kappa shape index (κ3) is 2.82. The van der Waals surface area contributed by atoms with Crippen molar-refractivity contribution in [3.63, 3.8) is 0 Å². The molecule has 0 aromatic carbocycles. The van der Waals surface area contributed by atoms with Crippen LogP contribution in [0.2, 0.25) is 0 Å². The first kappa shape index (κ1) is 19.2. The van der Waals surface area contributed by atoms with Gasteiger partial charge in [-0.15, -0.1) is 5.10 Å². The van der Waals surface area contributed by atoms with Crippen LogP contribution in [0, 0.1) is 0 Å². The van der Waals surface area contributed by atoms with Crippen LogP contribution in [0.25, 0.3) is 10.2 Å². The summed E-state index contributed by atoms with van der Waals surface area (Å²) in [7, 11) is -1.28. The molecule has 0 unspecified atom stereocenters. The van der Waals surface area contributed by atoms with Crippen molar-refractivity contribution < 1.29 is 18.6 Å². The smallest absolute Gasteiger partial charge is 0.398 e. The van der Waals surface area contributed by atoms with Crippen molar-refractivity contribution in [1.82, 2.24) is 19.8 Å². The Hall–Kier alpha value is -1.13. The van der Waals surface area contributed by atoms with E-state index in [1.165, 1.54) is 11.5 Å². The normalized spacial score (nSPS) is 25.5. The highest BCUT2D eigenvalue weighted by molar-refractivity contribution is 7.14. The first-order valence-electron chi connectivity index (χ1n) is 9.04. The van der Waals surface area contributed by atoms with E-state index in [0.29, 0.717) is 16.7 Å². The second-order valence-corrected chi connectivity index (χ2v) is 9.85. The molecule has 4 heterocycles. The second kappa shape index (κ2) is 5.70. The van der Waals surface area contributed by atoms with Crippen LogP contribution in [0.5, 0.6) is 0 Å². The SMILES string of the molecule is CC1(C)OB(c2nnc(B3OC(C)(C)C(C)(C)O3)c3snnc23)OC1(C)C. The summed E-state index contributed by atoms with van der Waals surface area (Å²) in [6, 6.07) is 0. The van der Waals surface area contributed by atoms with E-state index in [0.717, 1.165) is 4.70 Å². The number of fused-ring (bicyclic) bond motifs is 1. The minimum absolute atomic E-state index is 0.464. The molecule has 0 radical (unpaired) electrons. The molecule has 2 saturated heterocycles. The molecule has 0 saturated carbocycles. The van der Waals surface area contributed by atoms with Crippen LogP contribution in [-0.4, -0.2) is 56.4 Å². The van der Waals surface area contributed by atoms with Crippen molar-refractivity contribution in [2.24, 2.45) is 0 Å². The Labute approximate surface area is 163 Å². The van der Waals surface area contributed by atoms with Crippen LogP contribution >= 0.6 is 11.5 Å². The molecule has 0 N–H and O–H groups in total. The van der Waals surface area contributed by atoms with Crippen LogP contribution < -0.4 is 11.2 Å². The summed E-state index contributed by atoms with van der Waals surface area (Å²) in [6.45, 7) is 16.0. The minimum atomic E-state index is -0.652. The topological polar surface area (TPSA) is 88.5 Å². The molecule has 27 heavy (non-hydrogen) atoms.